The van der Waals surface area contributed by atoms with E-state index in [1.807, 2.05) is 53.4 Å². The summed E-state index contributed by atoms with van der Waals surface area (Å²) in [4.78, 5) is 56.7. The maximum absolute atomic E-state index is 14.1. The standard InChI is InChI=1S/C34H46N8O3/c1-3-39(4-2)19-20-41-25-42(28-13-9-6-10-14-28)34(33(41)45)15-17-40(18-16-34)32(44)30(21-26-11-7-5-8-12-26)38-31(43)29(35)22-27-23-36-24-37-27/h5-14,23-24,29-30H,3-4,15-22,25,35H2,1-2H3,(H,36,37)(H,38,43). The van der Waals surface area contributed by atoms with Crippen molar-refractivity contribution in [2.75, 3.05) is 50.8 Å². The number of aromatic amines is 1. The molecule has 2 aliphatic rings. The van der Waals surface area contributed by atoms with Gasteiger partial charge in [-0.25, -0.2) is 4.98 Å². The number of aromatic nitrogens is 2. The van der Waals surface area contributed by atoms with Crippen molar-refractivity contribution < 1.29 is 14.4 Å². The molecule has 11 heteroatoms. The van der Waals surface area contributed by atoms with E-state index in [1.54, 1.807) is 17.4 Å². The van der Waals surface area contributed by atoms with Gasteiger partial charge in [0.15, 0.2) is 0 Å². The van der Waals surface area contributed by atoms with Crippen LogP contribution in [0.2, 0.25) is 0 Å². The highest BCUT2D eigenvalue weighted by Crippen LogP contribution is 2.39. The lowest BCUT2D eigenvalue weighted by Gasteiger charge is -2.44. The number of rotatable bonds is 13. The number of H-pyrrole nitrogens is 1. The smallest absolute Gasteiger partial charge is 0.250 e. The number of nitrogens with two attached hydrogens (primary N) is 1. The predicted molar refractivity (Wildman–Crippen MR) is 174 cm³/mol. The van der Waals surface area contributed by atoms with Gasteiger partial charge >= 0.3 is 0 Å². The number of nitrogens with one attached hydrogen (secondary N) is 2. The van der Waals surface area contributed by atoms with Gasteiger partial charge in [-0.2, -0.15) is 0 Å². The minimum atomic E-state index is -0.834. The highest BCUT2D eigenvalue weighted by atomic mass is 16.2. The first-order valence-corrected chi connectivity index (χ1v) is 16.0. The van der Waals surface area contributed by atoms with Crippen molar-refractivity contribution in [1.82, 2.24) is 30.0 Å². The zero-order chi connectivity index (χ0) is 31.8. The molecule has 45 heavy (non-hydrogen) atoms. The average molecular weight is 615 g/mol. The molecule has 2 aromatic carbocycles. The summed E-state index contributed by atoms with van der Waals surface area (Å²) in [6.45, 7) is 9.01. The topological polar surface area (TPSA) is 131 Å². The van der Waals surface area contributed by atoms with Crippen LogP contribution in [-0.2, 0) is 27.2 Å². The predicted octanol–water partition coefficient (Wildman–Crippen LogP) is 2.02. The van der Waals surface area contributed by atoms with Crippen molar-refractivity contribution in [3.63, 3.8) is 0 Å². The molecule has 2 atom stereocenters. The van der Waals surface area contributed by atoms with Crippen molar-refractivity contribution >= 4 is 23.4 Å². The molecular formula is C34H46N8O3. The number of anilines is 1. The number of para-hydroxylation sites is 1. The van der Waals surface area contributed by atoms with Crippen LogP contribution < -0.4 is 16.0 Å². The van der Waals surface area contributed by atoms with Gasteiger partial charge in [-0.1, -0.05) is 62.4 Å². The molecule has 11 nitrogen and oxygen atoms in total. The zero-order valence-corrected chi connectivity index (χ0v) is 26.4. The monoisotopic (exact) mass is 614 g/mol. The molecule has 0 radical (unpaired) electrons. The van der Waals surface area contributed by atoms with Crippen molar-refractivity contribution in [1.29, 1.82) is 0 Å². The molecule has 1 aromatic heterocycles. The first-order chi connectivity index (χ1) is 21.8. The number of piperidine rings is 1. The Hall–Kier alpha value is -4.22. The fourth-order valence-electron chi connectivity index (χ4n) is 6.55. The van der Waals surface area contributed by atoms with E-state index in [9.17, 15) is 14.4 Å². The van der Waals surface area contributed by atoms with E-state index in [0.717, 1.165) is 36.6 Å². The number of benzene rings is 2. The second kappa shape index (κ2) is 14.7. The number of amides is 3. The molecule has 0 saturated carbocycles. The summed E-state index contributed by atoms with van der Waals surface area (Å²) in [5.41, 5.74) is 8.22. The van der Waals surface area contributed by atoms with E-state index in [0.29, 0.717) is 45.6 Å². The van der Waals surface area contributed by atoms with Crippen molar-refractivity contribution in [2.24, 2.45) is 5.73 Å². The van der Waals surface area contributed by atoms with Gasteiger partial charge in [-0.05, 0) is 43.6 Å². The first-order valence-electron chi connectivity index (χ1n) is 16.0. The van der Waals surface area contributed by atoms with E-state index >= 15 is 0 Å². The fourth-order valence-corrected chi connectivity index (χ4v) is 6.55. The third-order valence-corrected chi connectivity index (χ3v) is 9.29. The molecule has 2 unspecified atom stereocenters. The second-order valence-electron chi connectivity index (χ2n) is 12.0. The largest absolute Gasteiger partial charge is 0.348 e. The number of hydrogen-bond donors (Lipinski definition) is 3. The summed E-state index contributed by atoms with van der Waals surface area (Å²) in [6, 6.07) is 18.1. The van der Waals surface area contributed by atoms with E-state index in [4.69, 9.17) is 5.73 Å². The van der Waals surface area contributed by atoms with Gasteiger partial charge in [0, 0.05) is 56.6 Å². The molecule has 240 valence electrons. The van der Waals surface area contributed by atoms with Crippen LogP contribution in [0.5, 0.6) is 0 Å². The number of hydrogen-bond acceptors (Lipinski definition) is 7. The molecule has 0 aliphatic carbocycles. The molecule has 2 aliphatic heterocycles. The summed E-state index contributed by atoms with van der Waals surface area (Å²) in [5.74, 6) is -0.423. The third-order valence-electron chi connectivity index (χ3n) is 9.29. The number of carbonyl (C=O) groups is 3. The molecular weight excluding hydrogens is 568 g/mol. The number of imidazole rings is 1. The lowest BCUT2D eigenvalue weighted by atomic mass is 9.85. The van der Waals surface area contributed by atoms with Crippen LogP contribution in [0.3, 0.4) is 0 Å². The van der Waals surface area contributed by atoms with Gasteiger partial charge in [0.25, 0.3) is 0 Å². The van der Waals surface area contributed by atoms with Crippen LogP contribution in [0, 0.1) is 0 Å². The van der Waals surface area contributed by atoms with Crippen LogP contribution in [0.1, 0.15) is 37.9 Å². The Balaban J connectivity index is 1.31. The highest BCUT2D eigenvalue weighted by molar-refractivity contribution is 5.94. The Labute approximate surface area is 265 Å². The second-order valence-corrected chi connectivity index (χ2v) is 12.0. The van der Waals surface area contributed by atoms with Crippen LogP contribution in [0.4, 0.5) is 5.69 Å². The van der Waals surface area contributed by atoms with Crippen molar-refractivity contribution in [2.45, 2.75) is 57.2 Å². The molecule has 1 spiro atoms. The van der Waals surface area contributed by atoms with E-state index in [1.165, 1.54) is 0 Å². The van der Waals surface area contributed by atoms with Crippen LogP contribution in [-0.4, -0.2) is 106 Å². The maximum Gasteiger partial charge on any atom is 0.250 e. The average Bonchev–Trinajstić information content (AvgIpc) is 3.68. The molecule has 2 fully saturated rings. The number of nitrogens with zero attached hydrogens (tertiary/aromatic N) is 5. The van der Waals surface area contributed by atoms with Crippen molar-refractivity contribution in [3.05, 3.63) is 84.4 Å². The number of carbonyl (C=O) groups excluding carboxylic acids is 3. The SMILES string of the molecule is CCN(CC)CCN1CN(c2ccccc2)C2(CCN(C(=O)C(Cc3ccccc3)NC(=O)C(N)Cc3cnc[nH]3)CC2)C1=O. The third kappa shape index (κ3) is 7.37. The lowest BCUT2D eigenvalue weighted by Crippen LogP contribution is -2.60. The summed E-state index contributed by atoms with van der Waals surface area (Å²) in [5, 5.41) is 2.94. The molecule has 3 aromatic rings. The van der Waals surface area contributed by atoms with Gasteiger partial charge in [-0.15, -0.1) is 0 Å². The van der Waals surface area contributed by atoms with E-state index in [2.05, 4.69) is 51.1 Å². The molecule has 3 heterocycles. The summed E-state index contributed by atoms with van der Waals surface area (Å²) < 4.78 is 0. The van der Waals surface area contributed by atoms with Gasteiger partial charge in [0.1, 0.15) is 11.6 Å². The van der Waals surface area contributed by atoms with Gasteiger partial charge < -0.3 is 35.6 Å². The fraction of sp³-hybridized carbons (Fsp3) is 0.471. The van der Waals surface area contributed by atoms with Gasteiger partial charge in [0.2, 0.25) is 17.7 Å². The summed E-state index contributed by atoms with van der Waals surface area (Å²) in [7, 11) is 0. The lowest BCUT2D eigenvalue weighted by molar-refractivity contribution is -0.141. The Bertz CT molecular complexity index is 1390. The van der Waals surface area contributed by atoms with Crippen LogP contribution >= 0.6 is 0 Å². The van der Waals surface area contributed by atoms with E-state index in [-0.39, 0.29) is 18.2 Å². The Morgan fingerprint density at radius 2 is 1.69 bits per heavy atom. The Morgan fingerprint density at radius 1 is 1.02 bits per heavy atom. The maximum atomic E-state index is 14.1. The summed E-state index contributed by atoms with van der Waals surface area (Å²) in [6.07, 6.45) is 4.84. The Kier molecular flexibility index (Phi) is 10.5. The minimum absolute atomic E-state index is 0.129. The highest BCUT2D eigenvalue weighted by Gasteiger charge is 2.54. The molecule has 2 saturated heterocycles. The van der Waals surface area contributed by atoms with Gasteiger partial charge in [0.05, 0.1) is 19.0 Å². The Morgan fingerprint density at radius 3 is 2.31 bits per heavy atom. The minimum Gasteiger partial charge on any atom is -0.348 e. The van der Waals surface area contributed by atoms with E-state index < -0.39 is 23.5 Å². The quantitative estimate of drug-likeness (QED) is 0.269. The van der Waals surface area contributed by atoms with Crippen LogP contribution in [0.15, 0.2) is 73.2 Å². The van der Waals surface area contributed by atoms with Crippen LogP contribution in [0.25, 0.3) is 0 Å². The normalized spacial score (nSPS) is 17.6. The number of likely N-dealkylation sites (tertiary alicyclic amines) is 1. The summed E-state index contributed by atoms with van der Waals surface area (Å²) >= 11 is 0. The molecule has 3 amide bonds. The molecule has 5 rings (SSSR count). The van der Waals surface area contributed by atoms with Crippen molar-refractivity contribution in [3.8, 4) is 0 Å². The van der Waals surface area contributed by atoms with Gasteiger partial charge in [-0.3, -0.25) is 14.4 Å². The number of likely N-dealkylation sites (N-methyl/N-ethyl adjacent to an activating group) is 1. The molecule has 0 bridgehead atoms. The molecule has 4 N–H and O–H groups in total. The zero-order valence-electron chi connectivity index (χ0n) is 26.4. The first kappa shape index (κ1) is 32.2.